The molecule has 0 saturated heterocycles. The van der Waals surface area contributed by atoms with Gasteiger partial charge >= 0.3 is 0 Å². The molecule has 0 fully saturated rings. The van der Waals surface area contributed by atoms with Gasteiger partial charge in [0, 0.05) is 12.1 Å². The highest BCUT2D eigenvalue weighted by Gasteiger charge is 1.93. The lowest BCUT2D eigenvalue weighted by Crippen LogP contribution is -2.34. The monoisotopic (exact) mass is 123 g/mol. The van der Waals surface area contributed by atoms with Crippen molar-refractivity contribution < 1.29 is 9.67 Å². The van der Waals surface area contributed by atoms with Crippen LogP contribution in [0.5, 0.6) is 0 Å². The van der Waals surface area contributed by atoms with Crippen LogP contribution in [0.25, 0.3) is 0 Å². The molecular formula is C7H9NO+. The van der Waals surface area contributed by atoms with E-state index in [9.17, 15) is 0 Å². The number of pyridine rings is 1. The molecule has 0 unspecified atom stereocenters. The molecule has 0 aliphatic carbocycles. The van der Waals surface area contributed by atoms with Gasteiger partial charge in [0.15, 0.2) is 12.7 Å². The lowest BCUT2D eigenvalue weighted by atomic mass is 10.5. The quantitative estimate of drug-likeness (QED) is 0.539. The molecule has 2 heteroatoms. The number of nitrogens with zero attached hydrogens (tertiary/aromatic N) is 1. The molecule has 0 aliphatic rings. The third-order valence-corrected chi connectivity index (χ3v) is 1.05. The predicted octanol–water partition coefficient (Wildman–Crippen LogP) is -0.233. The van der Waals surface area contributed by atoms with Crippen molar-refractivity contribution in [3.05, 3.63) is 30.6 Å². The Bertz CT molecular complexity index is 162. The molecule has 2 nitrogen and oxygen atoms in total. The van der Waals surface area contributed by atoms with Gasteiger partial charge in [0.1, 0.15) is 6.61 Å². The standard InChI is InChI=1S/C7H9NO/c9-7-6-8-4-2-1-3-5-8/h1-4,9H,6-7H2/q+1. The Morgan fingerprint density at radius 2 is 2.33 bits per heavy atom. The first-order chi connectivity index (χ1) is 4.43. The molecule has 9 heavy (non-hydrogen) atoms. The molecule has 0 bridgehead atoms. The average molecular weight is 123 g/mol. The van der Waals surface area contributed by atoms with E-state index in [2.05, 4.69) is 6.20 Å². The second kappa shape index (κ2) is 3.20. The first-order valence-corrected chi connectivity index (χ1v) is 2.90. The third-order valence-electron chi connectivity index (χ3n) is 1.05. The van der Waals surface area contributed by atoms with Crippen molar-refractivity contribution in [1.29, 1.82) is 0 Å². The number of rotatable bonds is 2. The molecule has 0 saturated carbocycles. The van der Waals surface area contributed by atoms with Crippen LogP contribution in [0.15, 0.2) is 24.4 Å². The Balaban J connectivity index is 2.61. The molecular weight excluding hydrogens is 114 g/mol. The van der Waals surface area contributed by atoms with E-state index in [0.717, 1.165) is 0 Å². The fourth-order valence-electron chi connectivity index (χ4n) is 0.638. The summed E-state index contributed by atoms with van der Waals surface area (Å²) in [4.78, 5) is 0. The van der Waals surface area contributed by atoms with E-state index in [1.54, 1.807) is 4.57 Å². The van der Waals surface area contributed by atoms with Crippen molar-refractivity contribution in [2.75, 3.05) is 6.61 Å². The van der Waals surface area contributed by atoms with Gasteiger partial charge in [-0.25, -0.2) is 0 Å². The lowest BCUT2D eigenvalue weighted by Gasteiger charge is -1.87. The van der Waals surface area contributed by atoms with Gasteiger partial charge in [0.25, 0.3) is 6.20 Å². The summed E-state index contributed by atoms with van der Waals surface area (Å²) in [7, 11) is 0. The van der Waals surface area contributed by atoms with Crippen molar-refractivity contribution in [1.82, 2.24) is 0 Å². The SMILES string of the molecule is OCC[n+]1[c]cccc1. The molecule has 0 amide bonds. The van der Waals surface area contributed by atoms with Gasteiger partial charge in [-0.05, 0) is 6.07 Å². The summed E-state index contributed by atoms with van der Waals surface area (Å²) in [5.74, 6) is 0. The summed E-state index contributed by atoms with van der Waals surface area (Å²) in [6, 6.07) is 5.62. The van der Waals surface area contributed by atoms with Crippen LogP contribution < -0.4 is 4.57 Å². The Morgan fingerprint density at radius 1 is 1.44 bits per heavy atom. The summed E-state index contributed by atoms with van der Waals surface area (Å²) in [6.07, 6.45) is 4.80. The highest BCUT2D eigenvalue weighted by Crippen LogP contribution is 1.74. The van der Waals surface area contributed by atoms with Gasteiger partial charge in [-0.1, -0.05) is 0 Å². The molecule has 0 aromatic carbocycles. The van der Waals surface area contributed by atoms with Gasteiger partial charge in [-0.2, -0.15) is 4.57 Å². The number of hydrogen-bond acceptors (Lipinski definition) is 1. The Hall–Kier alpha value is -0.890. The van der Waals surface area contributed by atoms with Gasteiger partial charge < -0.3 is 5.11 Å². The molecule has 1 aromatic rings. The average Bonchev–Trinajstić information content (AvgIpc) is 1.91. The summed E-state index contributed by atoms with van der Waals surface area (Å²) < 4.78 is 1.81. The molecule has 1 heterocycles. The molecule has 47 valence electrons. The van der Waals surface area contributed by atoms with Crippen molar-refractivity contribution in [2.45, 2.75) is 6.54 Å². The van der Waals surface area contributed by atoms with Crippen LogP contribution in [0.1, 0.15) is 0 Å². The van der Waals surface area contributed by atoms with Gasteiger partial charge in [0.05, 0.1) is 0 Å². The van der Waals surface area contributed by atoms with Crippen LogP contribution in [0.3, 0.4) is 0 Å². The predicted molar refractivity (Wildman–Crippen MR) is 32.6 cm³/mol. The Kier molecular flexibility index (Phi) is 2.22. The largest absolute Gasteiger partial charge is 0.390 e. The molecule has 1 N–H and O–H groups in total. The molecule has 1 radical (unpaired) electrons. The summed E-state index contributed by atoms with van der Waals surface area (Å²) in [5, 5.41) is 8.48. The van der Waals surface area contributed by atoms with E-state index < -0.39 is 0 Å². The summed E-state index contributed by atoms with van der Waals surface area (Å²) in [6.45, 7) is 0.798. The summed E-state index contributed by atoms with van der Waals surface area (Å²) >= 11 is 0. The minimum atomic E-state index is 0.172. The molecule has 1 aromatic heterocycles. The number of aliphatic hydroxyl groups is 1. The zero-order valence-electron chi connectivity index (χ0n) is 5.12. The third kappa shape index (κ3) is 1.82. The fourth-order valence-corrected chi connectivity index (χ4v) is 0.638. The van der Waals surface area contributed by atoms with E-state index in [-0.39, 0.29) is 6.61 Å². The maximum absolute atomic E-state index is 8.48. The summed E-state index contributed by atoms with van der Waals surface area (Å²) in [5.41, 5.74) is 0. The minimum absolute atomic E-state index is 0.172. The zero-order chi connectivity index (χ0) is 6.53. The molecule has 0 atom stereocenters. The van der Waals surface area contributed by atoms with Crippen LogP contribution in [0.4, 0.5) is 0 Å². The van der Waals surface area contributed by atoms with Crippen LogP contribution >= 0.6 is 0 Å². The van der Waals surface area contributed by atoms with E-state index in [0.29, 0.717) is 6.54 Å². The first-order valence-electron chi connectivity index (χ1n) is 2.90. The van der Waals surface area contributed by atoms with Gasteiger partial charge in [-0.3, -0.25) is 0 Å². The van der Waals surface area contributed by atoms with Crippen molar-refractivity contribution in [3.8, 4) is 0 Å². The number of aliphatic hydroxyl groups excluding tert-OH is 1. The van der Waals surface area contributed by atoms with Crippen LogP contribution in [0.2, 0.25) is 0 Å². The second-order valence-electron chi connectivity index (χ2n) is 1.75. The highest BCUT2D eigenvalue weighted by atomic mass is 16.3. The topological polar surface area (TPSA) is 24.1 Å². The maximum Gasteiger partial charge on any atom is 0.277 e. The van der Waals surface area contributed by atoms with Crippen LogP contribution in [-0.4, -0.2) is 11.7 Å². The van der Waals surface area contributed by atoms with E-state index >= 15 is 0 Å². The van der Waals surface area contributed by atoms with E-state index in [4.69, 9.17) is 5.11 Å². The second-order valence-corrected chi connectivity index (χ2v) is 1.75. The Morgan fingerprint density at radius 3 is 2.89 bits per heavy atom. The smallest absolute Gasteiger partial charge is 0.277 e. The normalized spacial score (nSPS) is 9.44. The van der Waals surface area contributed by atoms with Crippen molar-refractivity contribution >= 4 is 0 Å². The number of hydrogen-bond donors (Lipinski definition) is 1. The maximum atomic E-state index is 8.48. The lowest BCUT2D eigenvalue weighted by molar-refractivity contribution is -0.702. The highest BCUT2D eigenvalue weighted by molar-refractivity contribution is 4.82. The van der Waals surface area contributed by atoms with Crippen molar-refractivity contribution in [2.24, 2.45) is 0 Å². The minimum Gasteiger partial charge on any atom is -0.390 e. The van der Waals surface area contributed by atoms with Crippen molar-refractivity contribution in [3.63, 3.8) is 0 Å². The molecule has 0 spiro atoms. The van der Waals surface area contributed by atoms with Gasteiger partial charge in [0.2, 0.25) is 0 Å². The van der Waals surface area contributed by atoms with Crippen LogP contribution in [0, 0.1) is 6.20 Å². The number of aromatic nitrogens is 1. The molecule has 0 aliphatic heterocycles. The molecule has 1 rings (SSSR count). The first kappa shape index (κ1) is 6.23. The van der Waals surface area contributed by atoms with Gasteiger partial charge in [-0.15, -0.1) is 0 Å². The van der Waals surface area contributed by atoms with Crippen LogP contribution in [-0.2, 0) is 6.54 Å². The zero-order valence-corrected chi connectivity index (χ0v) is 5.12. The van der Waals surface area contributed by atoms with E-state index in [1.807, 2.05) is 24.4 Å². The Labute approximate surface area is 54.4 Å². The fraction of sp³-hybridized carbons (Fsp3) is 0.286. The van der Waals surface area contributed by atoms with E-state index in [1.165, 1.54) is 0 Å².